The van der Waals surface area contributed by atoms with Crippen molar-refractivity contribution in [3.8, 4) is 11.5 Å². The smallest absolute Gasteiger partial charge is 0.413 e. The fourth-order valence-corrected chi connectivity index (χ4v) is 3.63. The molecule has 11 heteroatoms. The summed E-state index contributed by atoms with van der Waals surface area (Å²) in [6, 6.07) is 5.31. The monoisotopic (exact) mass is 429 g/mol. The lowest BCUT2D eigenvalue weighted by Crippen LogP contribution is -2.42. The normalized spacial score (nSPS) is 15.9. The van der Waals surface area contributed by atoms with Gasteiger partial charge in [0.2, 0.25) is 5.95 Å². The first-order chi connectivity index (χ1) is 13.3. The van der Waals surface area contributed by atoms with Gasteiger partial charge in [0.15, 0.2) is 0 Å². The van der Waals surface area contributed by atoms with Crippen LogP contribution in [0.1, 0.15) is 30.7 Å². The van der Waals surface area contributed by atoms with Crippen molar-refractivity contribution in [1.82, 2.24) is 20.2 Å². The zero-order valence-electron chi connectivity index (χ0n) is 14.1. The molecule has 1 aliphatic rings. The van der Waals surface area contributed by atoms with Crippen LogP contribution in [0.2, 0.25) is 10.0 Å². The predicted octanol–water partition coefficient (Wildman–Crippen LogP) is 5.34. The fourth-order valence-electron chi connectivity index (χ4n) is 3.04. The SMILES string of the molecule is FC(F)(F)c1nnc(-c2cnc(NC3(c4ccc(Cl)cc4Cl)CCC3)nc2)o1. The molecule has 6 nitrogen and oxygen atoms in total. The van der Waals surface area contributed by atoms with Gasteiger partial charge in [0.1, 0.15) is 0 Å². The molecule has 1 aliphatic carbocycles. The predicted molar refractivity (Wildman–Crippen MR) is 95.9 cm³/mol. The van der Waals surface area contributed by atoms with Gasteiger partial charge < -0.3 is 9.73 Å². The molecular weight excluding hydrogens is 418 g/mol. The van der Waals surface area contributed by atoms with Gasteiger partial charge in [-0.3, -0.25) is 0 Å². The maximum absolute atomic E-state index is 12.6. The summed E-state index contributed by atoms with van der Waals surface area (Å²) in [5.74, 6) is -1.42. The highest BCUT2D eigenvalue weighted by atomic mass is 35.5. The van der Waals surface area contributed by atoms with Crippen LogP contribution >= 0.6 is 23.2 Å². The minimum atomic E-state index is -4.71. The van der Waals surface area contributed by atoms with Gasteiger partial charge in [-0.2, -0.15) is 13.2 Å². The Labute approximate surface area is 167 Å². The number of nitrogens with zero attached hydrogens (tertiary/aromatic N) is 4. The highest BCUT2D eigenvalue weighted by molar-refractivity contribution is 6.35. The standard InChI is InChI=1S/C17H12Cl2F3N5O/c18-10-2-3-11(12(19)6-10)16(4-1-5-16)25-15-23-7-9(8-24-15)13-26-27-14(28-13)17(20,21)22/h2-3,6-8H,1,4-5H2,(H,23,24,25). The van der Waals surface area contributed by atoms with Crippen LogP contribution in [-0.4, -0.2) is 20.2 Å². The van der Waals surface area contributed by atoms with Crippen molar-refractivity contribution in [2.24, 2.45) is 0 Å². The number of nitrogens with one attached hydrogen (secondary N) is 1. The van der Waals surface area contributed by atoms with Crippen LogP contribution in [0.15, 0.2) is 35.0 Å². The minimum absolute atomic E-state index is 0.181. The van der Waals surface area contributed by atoms with Gasteiger partial charge >= 0.3 is 12.1 Å². The van der Waals surface area contributed by atoms with Crippen LogP contribution in [0.3, 0.4) is 0 Å². The van der Waals surface area contributed by atoms with Crippen molar-refractivity contribution in [1.29, 1.82) is 0 Å². The number of hydrogen-bond donors (Lipinski definition) is 1. The number of alkyl halides is 3. The van der Waals surface area contributed by atoms with E-state index >= 15 is 0 Å². The molecule has 2 heterocycles. The molecule has 0 spiro atoms. The number of hydrogen-bond acceptors (Lipinski definition) is 6. The molecule has 1 fully saturated rings. The second-order valence-electron chi connectivity index (χ2n) is 6.39. The molecule has 3 aromatic rings. The van der Waals surface area contributed by atoms with Crippen molar-refractivity contribution in [2.45, 2.75) is 31.0 Å². The summed E-state index contributed by atoms with van der Waals surface area (Å²) in [6.45, 7) is 0. The van der Waals surface area contributed by atoms with E-state index in [1.165, 1.54) is 12.4 Å². The van der Waals surface area contributed by atoms with Crippen LogP contribution in [-0.2, 0) is 11.7 Å². The van der Waals surface area contributed by atoms with E-state index in [4.69, 9.17) is 23.2 Å². The van der Waals surface area contributed by atoms with E-state index in [9.17, 15) is 13.2 Å². The Morgan fingerprint density at radius 3 is 2.32 bits per heavy atom. The quantitative estimate of drug-likeness (QED) is 0.602. The summed E-state index contributed by atoms with van der Waals surface area (Å²) >= 11 is 12.3. The average Bonchev–Trinajstić information content (AvgIpc) is 3.10. The van der Waals surface area contributed by atoms with E-state index in [1.54, 1.807) is 12.1 Å². The molecule has 0 aliphatic heterocycles. The number of aromatic nitrogens is 4. The van der Waals surface area contributed by atoms with E-state index < -0.39 is 17.6 Å². The van der Waals surface area contributed by atoms with Crippen molar-refractivity contribution < 1.29 is 17.6 Å². The molecule has 0 radical (unpaired) electrons. The molecule has 0 saturated heterocycles. The first-order valence-corrected chi connectivity index (χ1v) is 8.99. The van der Waals surface area contributed by atoms with E-state index in [-0.39, 0.29) is 11.5 Å². The van der Waals surface area contributed by atoms with Gasteiger partial charge in [-0.15, -0.1) is 10.2 Å². The van der Waals surface area contributed by atoms with Crippen LogP contribution in [0, 0.1) is 0 Å². The van der Waals surface area contributed by atoms with Gasteiger partial charge in [-0.05, 0) is 37.0 Å². The van der Waals surface area contributed by atoms with Crippen molar-refractivity contribution in [3.05, 3.63) is 52.1 Å². The maximum atomic E-state index is 12.6. The molecule has 1 aromatic carbocycles. The van der Waals surface area contributed by atoms with Gasteiger partial charge in [0.05, 0.1) is 11.1 Å². The summed E-state index contributed by atoms with van der Waals surface area (Å²) in [5.41, 5.74) is 0.655. The molecule has 0 amide bonds. The average molecular weight is 430 g/mol. The van der Waals surface area contributed by atoms with Gasteiger partial charge in [0, 0.05) is 22.4 Å². The second-order valence-corrected chi connectivity index (χ2v) is 7.23. The van der Waals surface area contributed by atoms with Gasteiger partial charge in [-0.1, -0.05) is 29.3 Å². The Kier molecular flexibility index (Phi) is 4.67. The molecule has 28 heavy (non-hydrogen) atoms. The topological polar surface area (TPSA) is 76.7 Å². The summed E-state index contributed by atoms with van der Waals surface area (Å²) in [5, 5.41) is 10.7. The highest BCUT2D eigenvalue weighted by Crippen LogP contribution is 2.46. The number of rotatable bonds is 4. The Balaban J connectivity index is 1.56. The van der Waals surface area contributed by atoms with Gasteiger partial charge in [0.25, 0.3) is 5.89 Å². The molecule has 146 valence electrons. The van der Waals surface area contributed by atoms with Crippen LogP contribution < -0.4 is 5.32 Å². The Bertz CT molecular complexity index is 1000. The first kappa shape index (κ1) is 18.9. The summed E-state index contributed by atoms with van der Waals surface area (Å²) in [6.07, 6.45) is 0.599. The fraction of sp³-hybridized carbons (Fsp3) is 0.294. The molecule has 4 rings (SSSR count). The van der Waals surface area contributed by atoms with Crippen LogP contribution in [0.4, 0.5) is 19.1 Å². The second kappa shape index (κ2) is 6.89. The first-order valence-electron chi connectivity index (χ1n) is 8.24. The third-order valence-corrected chi connectivity index (χ3v) is 5.12. The lowest BCUT2D eigenvalue weighted by Gasteiger charge is -2.43. The summed E-state index contributed by atoms with van der Waals surface area (Å²) in [4.78, 5) is 8.33. The number of anilines is 1. The largest absolute Gasteiger partial charge is 0.470 e. The van der Waals surface area contributed by atoms with Crippen molar-refractivity contribution >= 4 is 29.2 Å². The molecule has 0 bridgehead atoms. The van der Waals surface area contributed by atoms with E-state index in [1.807, 2.05) is 6.07 Å². The molecule has 0 unspecified atom stereocenters. The lowest BCUT2D eigenvalue weighted by molar-refractivity contribution is -0.156. The molecule has 2 aromatic heterocycles. The third-order valence-electron chi connectivity index (χ3n) is 4.57. The Morgan fingerprint density at radius 2 is 1.79 bits per heavy atom. The van der Waals surface area contributed by atoms with Crippen LogP contribution in [0.5, 0.6) is 0 Å². The van der Waals surface area contributed by atoms with Crippen LogP contribution in [0.25, 0.3) is 11.5 Å². The van der Waals surface area contributed by atoms with Crippen molar-refractivity contribution in [2.75, 3.05) is 5.32 Å². The summed E-state index contributed by atoms with van der Waals surface area (Å²) < 4.78 is 42.3. The molecule has 1 N–H and O–H groups in total. The lowest BCUT2D eigenvalue weighted by atomic mass is 9.72. The van der Waals surface area contributed by atoms with Crippen molar-refractivity contribution in [3.63, 3.8) is 0 Å². The number of benzene rings is 1. The zero-order valence-corrected chi connectivity index (χ0v) is 15.6. The molecule has 0 atom stereocenters. The Morgan fingerprint density at radius 1 is 1.07 bits per heavy atom. The highest BCUT2D eigenvalue weighted by Gasteiger charge is 2.41. The maximum Gasteiger partial charge on any atom is 0.470 e. The third kappa shape index (κ3) is 3.51. The Hall–Kier alpha value is -2.39. The molecule has 1 saturated carbocycles. The number of halogens is 5. The van der Waals surface area contributed by atoms with E-state index in [0.717, 1.165) is 24.8 Å². The summed E-state index contributed by atoms with van der Waals surface area (Å²) in [7, 11) is 0. The molecular formula is C17H12Cl2F3N5O. The van der Waals surface area contributed by atoms with E-state index in [0.29, 0.717) is 16.0 Å². The van der Waals surface area contributed by atoms with E-state index in [2.05, 4.69) is 29.9 Å². The zero-order chi connectivity index (χ0) is 19.9. The minimum Gasteiger partial charge on any atom is -0.413 e. The van der Waals surface area contributed by atoms with Gasteiger partial charge in [-0.25, -0.2) is 9.97 Å².